The Labute approximate surface area is 186 Å². The number of nitrogens with one attached hydrogen (secondary N) is 4. The fourth-order valence-electron chi connectivity index (χ4n) is 3.06. The normalized spacial score (nSPS) is 10.1. The van der Waals surface area contributed by atoms with Crippen LogP contribution in [0.15, 0.2) is 109 Å². The number of benzene rings is 4. The summed E-state index contributed by atoms with van der Waals surface area (Å²) in [5.41, 5.74) is 9.73. The molecule has 2 amide bonds. The number of carbonyl (C=O) groups is 2. The van der Waals surface area contributed by atoms with Gasteiger partial charge in [-0.2, -0.15) is 0 Å². The lowest BCUT2D eigenvalue weighted by Crippen LogP contribution is -2.29. The number of hydrogen-bond donors (Lipinski definition) is 4. The largest absolute Gasteiger partial charge is 0.356 e. The molecule has 6 nitrogen and oxygen atoms in total. The Hall–Kier alpha value is -4.58. The average Bonchev–Trinajstić information content (AvgIpc) is 2.84. The highest BCUT2D eigenvalue weighted by Crippen LogP contribution is 2.19. The van der Waals surface area contributed by atoms with Crippen LogP contribution in [0.2, 0.25) is 0 Å². The number of carbonyl (C=O) groups excluding carboxylic acids is 2. The zero-order valence-corrected chi connectivity index (χ0v) is 17.2. The summed E-state index contributed by atoms with van der Waals surface area (Å²) in [4.78, 5) is 24.8. The number of amides is 2. The Kier molecular flexibility index (Phi) is 6.43. The molecule has 0 radical (unpaired) electrons. The molecular weight excluding hydrogens is 400 g/mol. The topological polar surface area (TPSA) is 82.3 Å². The number of hydrogen-bond acceptors (Lipinski definition) is 4. The minimum atomic E-state index is -0.236. The highest BCUT2D eigenvalue weighted by molar-refractivity contribution is 6.04. The standard InChI is InChI=1S/C26H22N4O2/c31-25(28-21-9-3-1-4-10-21)20-8-7-13-24(18-20)27-22-16-14-19(15-17-22)26(32)30-29-23-11-5-2-6-12-23/h1-18,27,29H,(H,28,31)(H,30,32). The highest BCUT2D eigenvalue weighted by atomic mass is 16.2. The summed E-state index contributed by atoms with van der Waals surface area (Å²) in [5.74, 6) is -0.419. The summed E-state index contributed by atoms with van der Waals surface area (Å²) in [6, 6.07) is 33.1. The Bertz CT molecular complexity index is 1190. The Morgan fingerprint density at radius 3 is 1.81 bits per heavy atom. The van der Waals surface area contributed by atoms with Crippen LogP contribution in [0.4, 0.5) is 22.7 Å². The molecule has 0 heterocycles. The van der Waals surface area contributed by atoms with Crippen LogP contribution in [-0.4, -0.2) is 11.8 Å². The summed E-state index contributed by atoms with van der Waals surface area (Å²) in [7, 11) is 0. The summed E-state index contributed by atoms with van der Waals surface area (Å²) < 4.78 is 0. The van der Waals surface area contributed by atoms with E-state index in [4.69, 9.17) is 0 Å². The molecule has 0 bridgehead atoms. The van der Waals surface area contributed by atoms with Crippen molar-refractivity contribution in [3.8, 4) is 0 Å². The minimum Gasteiger partial charge on any atom is -0.356 e. The van der Waals surface area contributed by atoms with Gasteiger partial charge in [-0.25, -0.2) is 0 Å². The number of rotatable bonds is 7. The molecule has 0 aliphatic heterocycles. The zero-order chi connectivity index (χ0) is 22.2. The van der Waals surface area contributed by atoms with Crippen LogP contribution in [0.1, 0.15) is 20.7 Å². The van der Waals surface area contributed by atoms with E-state index in [2.05, 4.69) is 21.5 Å². The number of hydrazine groups is 1. The molecule has 0 unspecified atom stereocenters. The first-order valence-corrected chi connectivity index (χ1v) is 10.1. The van der Waals surface area contributed by atoms with Gasteiger partial charge in [0.25, 0.3) is 11.8 Å². The van der Waals surface area contributed by atoms with E-state index in [0.29, 0.717) is 11.1 Å². The number of para-hydroxylation sites is 2. The van der Waals surface area contributed by atoms with Crippen LogP contribution in [0.25, 0.3) is 0 Å². The maximum Gasteiger partial charge on any atom is 0.269 e. The van der Waals surface area contributed by atoms with Crippen LogP contribution in [0, 0.1) is 0 Å². The molecule has 6 heteroatoms. The van der Waals surface area contributed by atoms with Crippen molar-refractivity contribution in [3.05, 3.63) is 120 Å². The van der Waals surface area contributed by atoms with E-state index in [1.165, 1.54) is 0 Å². The molecule has 4 rings (SSSR count). The molecule has 0 fully saturated rings. The van der Waals surface area contributed by atoms with Crippen molar-refractivity contribution in [1.29, 1.82) is 0 Å². The van der Waals surface area contributed by atoms with Crippen molar-refractivity contribution < 1.29 is 9.59 Å². The first-order chi connectivity index (χ1) is 15.7. The lowest BCUT2D eigenvalue weighted by Gasteiger charge is -2.11. The van der Waals surface area contributed by atoms with Gasteiger partial charge < -0.3 is 10.6 Å². The van der Waals surface area contributed by atoms with Gasteiger partial charge in [-0.05, 0) is 66.7 Å². The Balaban J connectivity index is 1.36. The quantitative estimate of drug-likeness (QED) is 0.299. The summed E-state index contributed by atoms with van der Waals surface area (Å²) in [6.45, 7) is 0. The van der Waals surface area contributed by atoms with E-state index in [1.807, 2.05) is 84.9 Å². The predicted molar refractivity (Wildman–Crippen MR) is 128 cm³/mol. The van der Waals surface area contributed by atoms with Gasteiger partial charge >= 0.3 is 0 Å². The molecule has 0 spiro atoms. The van der Waals surface area contributed by atoms with Crippen molar-refractivity contribution in [2.24, 2.45) is 0 Å². The van der Waals surface area contributed by atoms with Gasteiger partial charge in [0.1, 0.15) is 0 Å². The average molecular weight is 422 g/mol. The van der Waals surface area contributed by atoms with E-state index in [-0.39, 0.29) is 11.8 Å². The molecule has 0 aliphatic carbocycles. The van der Waals surface area contributed by atoms with Gasteiger partial charge in [0.2, 0.25) is 0 Å². The predicted octanol–water partition coefficient (Wildman–Crippen LogP) is 5.44. The van der Waals surface area contributed by atoms with Crippen molar-refractivity contribution >= 4 is 34.6 Å². The summed E-state index contributed by atoms with van der Waals surface area (Å²) in [6.07, 6.45) is 0. The van der Waals surface area contributed by atoms with E-state index in [1.54, 1.807) is 24.3 Å². The second-order valence-electron chi connectivity index (χ2n) is 7.05. The monoisotopic (exact) mass is 422 g/mol. The lowest BCUT2D eigenvalue weighted by molar-refractivity contribution is 0.0961. The fourth-order valence-corrected chi connectivity index (χ4v) is 3.06. The molecule has 158 valence electrons. The van der Waals surface area contributed by atoms with Gasteiger partial charge in [-0.3, -0.25) is 20.4 Å². The maximum absolute atomic E-state index is 12.5. The van der Waals surface area contributed by atoms with Gasteiger partial charge in [-0.1, -0.05) is 42.5 Å². The third-order valence-electron chi connectivity index (χ3n) is 4.69. The molecule has 0 saturated carbocycles. The van der Waals surface area contributed by atoms with Gasteiger partial charge in [0.05, 0.1) is 5.69 Å². The van der Waals surface area contributed by atoms with Crippen molar-refractivity contribution in [3.63, 3.8) is 0 Å². The Morgan fingerprint density at radius 1 is 0.500 bits per heavy atom. The fraction of sp³-hybridized carbons (Fsp3) is 0. The van der Waals surface area contributed by atoms with Crippen LogP contribution in [0.5, 0.6) is 0 Å². The first kappa shape index (κ1) is 20.7. The van der Waals surface area contributed by atoms with Gasteiger partial charge in [-0.15, -0.1) is 0 Å². The van der Waals surface area contributed by atoms with Crippen LogP contribution >= 0.6 is 0 Å². The van der Waals surface area contributed by atoms with Crippen molar-refractivity contribution in [2.75, 3.05) is 16.1 Å². The van der Waals surface area contributed by atoms with E-state index >= 15 is 0 Å². The lowest BCUT2D eigenvalue weighted by atomic mass is 10.1. The van der Waals surface area contributed by atoms with E-state index < -0.39 is 0 Å². The molecule has 0 aromatic heterocycles. The zero-order valence-electron chi connectivity index (χ0n) is 17.2. The molecule has 0 saturated heterocycles. The molecule has 4 aromatic rings. The third-order valence-corrected chi connectivity index (χ3v) is 4.69. The molecule has 32 heavy (non-hydrogen) atoms. The SMILES string of the molecule is O=C(NNc1ccccc1)c1ccc(Nc2cccc(C(=O)Nc3ccccc3)c2)cc1. The smallest absolute Gasteiger partial charge is 0.269 e. The van der Waals surface area contributed by atoms with Gasteiger partial charge in [0.15, 0.2) is 0 Å². The van der Waals surface area contributed by atoms with E-state index in [9.17, 15) is 9.59 Å². The maximum atomic E-state index is 12.5. The van der Waals surface area contributed by atoms with Crippen molar-refractivity contribution in [2.45, 2.75) is 0 Å². The van der Waals surface area contributed by atoms with Crippen LogP contribution < -0.4 is 21.5 Å². The molecule has 0 aliphatic rings. The molecule has 4 aromatic carbocycles. The van der Waals surface area contributed by atoms with Crippen LogP contribution in [-0.2, 0) is 0 Å². The second-order valence-corrected chi connectivity index (χ2v) is 7.05. The van der Waals surface area contributed by atoms with Crippen molar-refractivity contribution in [1.82, 2.24) is 5.43 Å². The summed E-state index contributed by atoms with van der Waals surface area (Å²) in [5, 5.41) is 6.14. The summed E-state index contributed by atoms with van der Waals surface area (Å²) >= 11 is 0. The number of anilines is 4. The van der Waals surface area contributed by atoms with E-state index in [0.717, 1.165) is 22.7 Å². The Morgan fingerprint density at radius 2 is 1.12 bits per heavy atom. The first-order valence-electron chi connectivity index (χ1n) is 10.1. The molecule has 0 atom stereocenters. The third kappa shape index (κ3) is 5.52. The highest BCUT2D eigenvalue weighted by Gasteiger charge is 2.08. The van der Waals surface area contributed by atoms with Gasteiger partial charge in [0, 0.05) is 28.2 Å². The molecule has 4 N–H and O–H groups in total. The molecular formula is C26H22N4O2. The second kappa shape index (κ2) is 9.95. The van der Waals surface area contributed by atoms with Crippen LogP contribution in [0.3, 0.4) is 0 Å². The minimum absolute atomic E-state index is 0.183.